The summed E-state index contributed by atoms with van der Waals surface area (Å²) in [5.41, 5.74) is 0. The number of rotatable bonds is 0. The molecule has 0 unspecified atom stereocenters. The fraction of sp³-hybridized carbons (Fsp3) is 0. The van der Waals surface area contributed by atoms with Gasteiger partial charge in [-0.3, -0.25) is 0 Å². The maximum absolute atomic E-state index is 3.56. The average Bonchev–Trinajstić information content (AvgIpc) is 1.72. The van der Waals surface area contributed by atoms with Gasteiger partial charge in [-0.2, -0.15) is 0 Å². The molecule has 0 N–H and O–H groups in total. The van der Waals surface area contributed by atoms with Gasteiger partial charge in [0.15, 0.2) is 0 Å². The van der Waals surface area contributed by atoms with E-state index in [1.165, 1.54) is 21.6 Å². The minimum absolute atomic E-state index is 1.44. The second kappa shape index (κ2) is 1.90. The van der Waals surface area contributed by atoms with Crippen LogP contribution >= 0.6 is 0 Å². The third-order valence-corrected chi connectivity index (χ3v) is 0.400. The molecule has 0 saturated carbocycles. The van der Waals surface area contributed by atoms with Gasteiger partial charge >= 0.3 is 36.0 Å². The molecular weight excluding hydrogens is 74.5 g/mol. The van der Waals surface area contributed by atoms with E-state index in [4.69, 9.17) is 0 Å². The average molecular weight is 74.5 g/mol. The van der Waals surface area contributed by atoms with Gasteiger partial charge in [0.05, 0.1) is 0 Å². The van der Waals surface area contributed by atoms with Gasteiger partial charge in [0.1, 0.15) is 0 Å². The Hall–Kier alpha value is -0.405. The molecule has 0 spiro atoms. The summed E-state index contributed by atoms with van der Waals surface area (Å²) in [7, 11) is 4.31. The van der Waals surface area contributed by atoms with E-state index < -0.39 is 0 Å². The van der Waals surface area contributed by atoms with E-state index in [2.05, 4.69) is 14.4 Å². The molecule has 1 rings (SSSR count). The van der Waals surface area contributed by atoms with Crippen molar-refractivity contribution < 1.29 is 0 Å². The Balaban J connectivity index is 3.00. The molecular formula is B3N3. The summed E-state index contributed by atoms with van der Waals surface area (Å²) < 4.78 is 0. The van der Waals surface area contributed by atoms with Crippen molar-refractivity contribution in [2.45, 2.75) is 0 Å². The molecule has 0 amide bonds. The predicted molar refractivity (Wildman–Crippen MR) is 23.9 cm³/mol. The molecule has 6 heavy (non-hydrogen) atoms. The fourth-order valence-corrected chi connectivity index (χ4v) is 0.205. The van der Waals surface area contributed by atoms with Gasteiger partial charge in [0.25, 0.3) is 0 Å². The van der Waals surface area contributed by atoms with Crippen LogP contribution in [-0.2, 0) is 0 Å². The van der Waals surface area contributed by atoms with Crippen LogP contribution in [0.4, 0.5) is 0 Å². The third kappa shape index (κ3) is 0.773. The molecule has 0 saturated heterocycles. The summed E-state index contributed by atoms with van der Waals surface area (Å²) >= 11 is 0. The molecule has 0 atom stereocenters. The van der Waals surface area contributed by atoms with Gasteiger partial charge in [-0.15, -0.1) is 0 Å². The topological polar surface area (TPSA) is 38.7 Å². The van der Waals surface area contributed by atoms with E-state index in [1.54, 1.807) is 0 Å². The predicted octanol–water partition coefficient (Wildman–Crippen LogP) is -2.11. The van der Waals surface area contributed by atoms with Gasteiger partial charge in [-0.1, -0.05) is 0 Å². The Morgan fingerprint density at radius 1 is 0.667 bits per heavy atom. The van der Waals surface area contributed by atoms with Crippen LogP contribution in [0.1, 0.15) is 0 Å². The quantitative estimate of drug-likeness (QED) is 0.353. The van der Waals surface area contributed by atoms with Crippen LogP contribution in [0.2, 0.25) is 0 Å². The first kappa shape index (κ1) is 3.77. The molecule has 0 aliphatic rings. The number of nitrogens with zero attached hydrogens (tertiary/aromatic N) is 3. The molecule has 1 aromatic rings. The van der Waals surface area contributed by atoms with Gasteiger partial charge in [0.2, 0.25) is 0 Å². The van der Waals surface area contributed by atoms with Crippen molar-refractivity contribution in [3.05, 3.63) is 0 Å². The van der Waals surface area contributed by atoms with Gasteiger partial charge in [-0.05, 0) is 0 Å². The molecule has 0 aliphatic heterocycles. The SMILES string of the molecule is b1nbnbn1. The summed E-state index contributed by atoms with van der Waals surface area (Å²) in [5, 5.41) is 0. The zero-order chi connectivity index (χ0) is 4.24. The van der Waals surface area contributed by atoms with E-state index in [9.17, 15) is 0 Å². The summed E-state index contributed by atoms with van der Waals surface area (Å²) in [6, 6.07) is 0. The van der Waals surface area contributed by atoms with Crippen LogP contribution in [0.25, 0.3) is 0 Å². The van der Waals surface area contributed by atoms with Gasteiger partial charge < -0.3 is 0 Å². The minimum atomic E-state index is 1.44. The molecule has 0 bridgehead atoms. The van der Waals surface area contributed by atoms with E-state index >= 15 is 0 Å². The molecule has 1 aromatic heterocycles. The number of hydrogen-bond acceptors (Lipinski definition) is 3. The standard InChI is InChI=1S/B3N3/c1-4-2-6-3-5-1. The monoisotopic (exact) mass is 75.0 g/mol. The molecule has 0 aliphatic carbocycles. The first-order valence-corrected chi connectivity index (χ1v) is 1.55. The molecule has 0 aromatic carbocycles. The van der Waals surface area contributed by atoms with Crippen molar-refractivity contribution >= 4 is 21.6 Å². The maximum atomic E-state index is 3.56. The normalized spacial score (nSPS) is 6.00. The molecule has 0 fully saturated rings. The Kier molecular flexibility index (Phi) is 1.19. The van der Waals surface area contributed by atoms with Crippen molar-refractivity contribution in [2.24, 2.45) is 0 Å². The first-order chi connectivity index (χ1) is 3.00. The Bertz CT molecular complexity index is 78.0. The van der Waals surface area contributed by atoms with E-state index in [0.29, 0.717) is 0 Å². The van der Waals surface area contributed by atoms with Crippen LogP contribution in [0.5, 0.6) is 0 Å². The Morgan fingerprint density at radius 3 is 1.17 bits per heavy atom. The second-order valence-corrected chi connectivity index (χ2v) is 0.794. The van der Waals surface area contributed by atoms with Crippen molar-refractivity contribution in [1.29, 1.82) is 0 Å². The van der Waals surface area contributed by atoms with Crippen molar-refractivity contribution in [2.75, 3.05) is 0 Å². The Labute approximate surface area is 37.0 Å². The van der Waals surface area contributed by atoms with Crippen LogP contribution in [0.3, 0.4) is 0 Å². The zero-order valence-electron chi connectivity index (χ0n) is 3.07. The molecule has 1 heterocycles. The van der Waals surface area contributed by atoms with Gasteiger partial charge in [-0.25, -0.2) is 0 Å². The summed E-state index contributed by atoms with van der Waals surface area (Å²) in [4.78, 5) is 10.7. The van der Waals surface area contributed by atoms with E-state index in [1.807, 2.05) is 0 Å². The molecule has 3 nitrogen and oxygen atoms in total. The van der Waals surface area contributed by atoms with Crippen LogP contribution in [-0.4, -0.2) is 36.0 Å². The summed E-state index contributed by atoms with van der Waals surface area (Å²) in [6.07, 6.45) is 0. The fourth-order valence-electron chi connectivity index (χ4n) is 0.205. The van der Waals surface area contributed by atoms with Crippen molar-refractivity contribution in [1.82, 2.24) is 14.4 Å². The van der Waals surface area contributed by atoms with Crippen LogP contribution < -0.4 is 0 Å². The van der Waals surface area contributed by atoms with Crippen LogP contribution in [0.15, 0.2) is 0 Å². The second-order valence-electron chi connectivity index (χ2n) is 0.794. The van der Waals surface area contributed by atoms with E-state index in [-0.39, 0.29) is 0 Å². The molecule has 24 valence electrons. The number of hydrogen-bond donors (Lipinski definition) is 0. The first-order valence-electron chi connectivity index (χ1n) is 1.55. The third-order valence-electron chi connectivity index (χ3n) is 0.400. The Morgan fingerprint density at radius 2 is 1.00 bits per heavy atom. The van der Waals surface area contributed by atoms with Crippen LogP contribution in [0, 0.1) is 0 Å². The van der Waals surface area contributed by atoms with Crippen molar-refractivity contribution in [3.63, 3.8) is 0 Å². The van der Waals surface area contributed by atoms with Gasteiger partial charge in [0, 0.05) is 0 Å². The zero-order valence-corrected chi connectivity index (χ0v) is 3.07. The van der Waals surface area contributed by atoms with Crippen molar-refractivity contribution in [3.8, 4) is 0 Å². The summed E-state index contributed by atoms with van der Waals surface area (Å²) in [5.74, 6) is 0. The molecule has 0 radical (unpaired) electrons. The molecule has 6 heteroatoms. The summed E-state index contributed by atoms with van der Waals surface area (Å²) in [6.45, 7) is 0. The number of aromatic nitrogens is 3. The van der Waals surface area contributed by atoms with E-state index in [0.717, 1.165) is 0 Å².